The third-order valence-corrected chi connectivity index (χ3v) is 1.92. The van der Waals surface area contributed by atoms with E-state index in [9.17, 15) is 0 Å². The number of nitrogens with two attached hydrogens (primary N) is 1. The van der Waals surface area contributed by atoms with Crippen LogP contribution < -0.4 is 5.73 Å². The summed E-state index contributed by atoms with van der Waals surface area (Å²) in [7, 11) is 0. The van der Waals surface area contributed by atoms with E-state index in [0.29, 0.717) is 6.42 Å². The lowest BCUT2D eigenvalue weighted by molar-refractivity contribution is 0.675. The summed E-state index contributed by atoms with van der Waals surface area (Å²) in [5.74, 6) is 1.30. The van der Waals surface area contributed by atoms with Gasteiger partial charge in [-0.3, -0.25) is 5.41 Å². The first-order chi connectivity index (χ1) is 6.13. The van der Waals surface area contributed by atoms with Crippen molar-refractivity contribution in [1.29, 1.82) is 5.41 Å². The molecule has 0 aliphatic rings. The van der Waals surface area contributed by atoms with Crippen LogP contribution in [0.25, 0.3) is 0 Å². The standard InChI is InChI=1S/C9H16N4/c1-3-9-12-7(2)6-13(9)5-4-8(10)11/h6H,3-5H2,1-2H3,(H3,10,11). The normalized spacial score (nSPS) is 10.3. The van der Waals surface area contributed by atoms with Gasteiger partial charge in [-0.05, 0) is 6.92 Å². The molecule has 0 atom stereocenters. The maximum atomic E-state index is 7.12. The van der Waals surface area contributed by atoms with Crippen LogP contribution in [0.3, 0.4) is 0 Å². The van der Waals surface area contributed by atoms with Gasteiger partial charge in [-0.15, -0.1) is 0 Å². The quantitative estimate of drug-likeness (QED) is 0.537. The van der Waals surface area contributed by atoms with Crippen molar-refractivity contribution < 1.29 is 0 Å². The summed E-state index contributed by atoms with van der Waals surface area (Å²) in [6.45, 7) is 4.81. The Bertz CT molecular complexity index is 301. The monoisotopic (exact) mass is 180 g/mol. The van der Waals surface area contributed by atoms with Crippen LogP contribution in [0.2, 0.25) is 0 Å². The molecule has 0 amide bonds. The number of rotatable bonds is 4. The lowest BCUT2D eigenvalue weighted by atomic mass is 10.3. The molecule has 0 aliphatic carbocycles. The van der Waals surface area contributed by atoms with E-state index >= 15 is 0 Å². The Labute approximate surface area is 78.3 Å². The van der Waals surface area contributed by atoms with Gasteiger partial charge in [-0.2, -0.15) is 0 Å². The van der Waals surface area contributed by atoms with Gasteiger partial charge in [0, 0.05) is 25.6 Å². The van der Waals surface area contributed by atoms with Crippen molar-refractivity contribution in [2.75, 3.05) is 0 Å². The van der Waals surface area contributed by atoms with E-state index in [-0.39, 0.29) is 5.84 Å². The largest absolute Gasteiger partial charge is 0.388 e. The molecule has 0 spiro atoms. The summed E-state index contributed by atoms with van der Waals surface area (Å²) in [5.41, 5.74) is 6.32. The summed E-state index contributed by atoms with van der Waals surface area (Å²) < 4.78 is 2.07. The summed E-state index contributed by atoms with van der Waals surface area (Å²) in [5, 5.41) is 7.12. The van der Waals surface area contributed by atoms with Crippen molar-refractivity contribution in [2.24, 2.45) is 5.73 Å². The Hall–Kier alpha value is -1.32. The van der Waals surface area contributed by atoms with Crippen molar-refractivity contribution in [2.45, 2.75) is 33.2 Å². The molecule has 1 aromatic rings. The van der Waals surface area contributed by atoms with E-state index in [1.165, 1.54) is 0 Å². The molecule has 13 heavy (non-hydrogen) atoms. The third kappa shape index (κ3) is 2.57. The van der Waals surface area contributed by atoms with E-state index in [2.05, 4.69) is 16.5 Å². The van der Waals surface area contributed by atoms with Gasteiger partial charge in [0.25, 0.3) is 0 Å². The molecule has 4 nitrogen and oxygen atoms in total. The van der Waals surface area contributed by atoms with Crippen LogP contribution in [0.1, 0.15) is 24.9 Å². The number of amidine groups is 1. The van der Waals surface area contributed by atoms with Crippen molar-refractivity contribution in [1.82, 2.24) is 9.55 Å². The van der Waals surface area contributed by atoms with Crippen LogP contribution >= 0.6 is 0 Å². The van der Waals surface area contributed by atoms with Gasteiger partial charge >= 0.3 is 0 Å². The highest BCUT2D eigenvalue weighted by Gasteiger charge is 2.02. The Morgan fingerprint density at radius 1 is 1.69 bits per heavy atom. The van der Waals surface area contributed by atoms with Crippen molar-refractivity contribution in [3.05, 3.63) is 17.7 Å². The minimum atomic E-state index is 0.230. The van der Waals surface area contributed by atoms with Crippen molar-refractivity contribution in [3.63, 3.8) is 0 Å². The molecule has 0 saturated carbocycles. The number of hydrogen-bond donors (Lipinski definition) is 2. The number of nitrogens with zero attached hydrogens (tertiary/aromatic N) is 2. The molecule has 3 N–H and O–H groups in total. The SMILES string of the molecule is CCc1nc(C)cn1CCC(=N)N. The van der Waals surface area contributed by atoms with E-state index in [1.54, 1.807) is 0 Å². The summed E-state index contributed by atoms with van der Waals surface area (Å²) >= 11 is 0. The van der Waals surface area contributed by atoms with E-state index in [1.807, 2.05) is 13.1 Å². The van der Waals surface area contributed by atoms with Crippen LogP contribution in [0.4, 0.5) is 0 Å². The lowest BCUT2D eigenvalue weighted by Crippen LogP contribution is -2.13. The molecule has 4 heteroatoms. The fourth-order valence-corrected chi connectivity index (χ4v) is 1.31. The smallest absolute Gasteiger partial charge is 0.108 e. The highest BCUT2D eigenvalue weighted by molar-refractivity contribution is 5.76. The molecule has 0 fully saturated rings. The Balaban J connectivity index is 2.69. The molecular formula is C9H16N4. The fraction of sp³-hybridized carbons (Fsp3) is 0.556. The van der Waals surface area contributed by atoms with Gasteiger partial charge in [0.15, 0.2) is 0 Å². The van der Waals surface area contributed by atoms with E-state index in [4.69, 9.17) is 11.1 Å². The minimum Gasteiger partial charge on any atom is -0.388 e. The molecule has 1 aromatic heterocycles. The van der Waals surface area contributed by atoms with Gasteiger partial charge in [0.2, 0.25) is 0 Å². The lowest BCUT2D eigenvalue weighted by Gasteiger charge is -2.04. The molecule has 0 saturated heterocycles. The van der Waals surface area contributed by atoms with Gasteiger partial charge in [0.05, 0.1) is 11.5 Å². The molecule has 72 valence electrons. The van der Waals surface area contributed by atoms with Gasteiger partial charge in [-0.1, -0.05) is 6.92 Å². The van der Waals surface area contributed by atoms with Crippen LogP contribution in [-0.2, 0) is 13.0 Å². The van der Waals surface area contributed by atoms with Gasteiger partial charge in [-0.25, -0.2) is 4.98 Å². The molecule has 0 bridgehead atoms. The Kier molecular flexibility index (Phi) is 3.06. The first-order valence-electron chi connectivity index (χ1n) is 4.49. The average Bonchev–Trinajstić information content (AvgIpc) is 2.42. The molecule has 0 unspecified atom stereocenters. The second-order valence-electron chi connectivity index (χ2n) is 3.12. The highest BCUT2D eigenvalue weighted by atomic mass is 15.1. The average molecular weight is 180 g/mol. The summed E-state index contributed by atoms with van der Waals surface area (Å²) in [4.78, 5) is 4.36. The number of hydrogen-bond acceptors (Lipinski definition) is 2. The fourth-order valence-electron chi connectivity index (χ4n) is 1.31. The zero-order chi connectivity index (χ0) is 9.84. The molecular weight excluding hydrogens is 164 g/mol. The summed E-state index contributed by atoms with van der Waals surface area (Å²) in [6, 6.07) is 0. The number of imidazole rings is 1. The minimum absolute atomic E-state index is 0.230. The first kappa shape index (κ1) is 9.77. The second-order valence-corrected chi connectivity index (χ2v) is 3.12. The van der Waals surface area contributed by atoms with Crippen molar-refractivity contribution >= 4 is 5.84 Å². The predicted molar refractivity (Wildman–Crippen MR) is 52.9 cm³/mol. The van der Waals surface area contributed by atoms with E-state index < -0.39 is 0 Å². The molecule has 1 rings (SSSR count). The van der Waals surface area contributed by atoms with Crippen LogP contribution in [0.5, 0.6) is 0 Å². The van der Waals surface area contributed by atoms with Gasteiger partial charge < -0.3 is 10.3 Å². The van der Waals surface area contributed by atoms with Crippen LogP contribution in [0, 0.1) is 12.3 Å². The number of aryl methyl sites for hydroxylation is 3. The highest BCUT2D eigenvalue weighted by Crippen LogP contribution is 2.04. The second kappa shape index (κ2) is 4.07. The molecule has 0 radical (unpaired) electrons. The van der Waals surface area contributed by atoms with Crippen LogP contribution in [0.15, 0.2) is 6.20 Å². The zero-order valence-electron chi connectivity index (χ0n) is 8.17. The first-order valence-corrected chi connectivity index (χ1v) is 4.49. The zero-order valence-corrected chi connectivity index (χ0v) is 8.17. The Morgan fingerprint density at radius 2 is 2.38 bits per heavy atom. The van der Waals surface area contributed by atoms with Crippen molar-refractivity contribution in [3.8, 4) is 0 Å². The van der Waals surface area contributed by atoms with E-state index in [0.717, 1.165) is 24.5 Å². The third-order valence-electron chi connectivity index (χ3n) is 1.92. The number of aromatic nitrogens is 2. The Morgan fingerprint density at radius 3 is 2.92 bits per heavy atom. The molecule has 1 heterocycles. The molecule has 0 aromatic carbocycles. The summed E-state index contributed by atoms with van der Waals surface area (Å²) in [6.07, 6.45) is 3.52. The molecule has 0 aliphatic heterocycles. The maximum Gasteiger partial charge on any atom is 0.108 e. The van der Waals surface area contributed by atoms with Crippen LogP contribution in [-0.4, -0.2) is 15.4 Å². The van der Waals surface area contributed by atoms with Gasteiger partial charge in [0.1, 0.15) is 5.82 Å². The topological polar surface area (TPSA) is 67.7 Å². The number of nitrogens with one attached hydrogen (secondary N) is 1. The maximum absolute atomic E-state index is 7.12. The predicted octanol–water partition coefficient (Wildman–Crippen LogP) is 1.08.